The minimum Gasteiger partial charge on any atom is -0.744 e. The van der Waals surface area contributed by atoms with Crippen LogP contribution in [0, 0.1) is 20.8 Å². The van der Waals surface area contributed by atoms with Crippen LogP contribution in [0.1, 0.15) is 16.7 Å². The number of nitrogens with zero attached hydrogens (tertiary/aromatic N) is 2. The monoisotopic (exact) mass is 598 g/mol. The Morgan fingerprint density at radius 1 is 0.905 bits per heavy atom. The smallest absolute Gasteiger partial charge is 0.238 e. The van der Waals surface area contributed by atoms with E-state index in [1.165, 1.54) is 12.1 Å². The molecule has 1 atom stereocenters. The van der Waals surface area contributed by atoms with Gasteiger partial charge in [0.05, 0.1) is 18.6 Å². The van der Waals surface area contributed by atoms with E-state index in [0.29, 0.717) is 24.6 Å². The lowest BCUT2D eigenvalue weighted by Crippen LogP contribution is -2.50. The van der Waals surface area contributed by atoms with E-state index in [1.54, 1.807) is 19.2 Å². The molecule has 11 heteroatoms. The highest BCUT2D eigenvalue weighted by Gasteiger charge is 2.21. The van der Waals surface area contributed by atoms with Gasteiger partial charge in [0.15, 0.2) is 11.5 Å². The average Bonchev–Trinajstić information content (AvgIpc) is 2.95. The van der Waals surface area contributed by atoms with E-state index in [1.807, 2.05) is 63.2 Å². The Morgan fingerprint density at radius 2 is 1.48 bits per heavy atom. The fourth-order valence-corrected chi connectivity index (χ4v) is 4.97. The number of carbonyl (C=O) groups excluding carboxylic acids is 1. The van der Waals surface area contributed by atoms with Gasteiger partial charge in [-0.2, -0.15) is 0 Å². The van der Waals surface area contributed by atoms with E-state index in [9.17, 15) is 22.9 Å². The average molecular weight is 599 g/mol. The summed E-state index contributed by atoms with van der Waals surface area (Å²) < 4.78 is 42.1. The summed E-state index contributed by atoms with van der Waals surface area (Å²) in [7, 11) is -2.67. The van der Waals surface area contributed by atoms with Crippen molar-refractivity contribution in [3.63, 3.8) is 0 Å². The second kappa shape index (κ2) is 15.7. The fraction of sp³-hybridized carbons (Fsp3) is 0.387. The first-order chi connectivity index (χ1) is 20.0. The Kier molecular flexibility index (Phi) is 12.3. The molecule has 1 aliphatic rings. The Balaban J connectivity index is 0.000000369. The number of anilines is 1. The van der Waals surface area contributed by atoms with Crippen LogP contribution < -0.4 is 14.8 Å². The second-order valence-electron chi connectivity index (χ2n) is 10.3. The number of rotatable bonds is 10. The lowest BCUT2D eigenvalue weighted by molar-refractivity contribution is -0.117. The molecule has 3 aromatic carbocycles. The molecule has 42 heavy (non-hydrogen) atoms. The maximum atomic E-state index is 12.5. The molecule has 10 nitrogen and oxygen atoms in total. The SMILES string of the molecule is COc1ccccc1OCC(O)CN1CCN(CC(=O)Nc2c(C)cccc2C)CC1.Cc1ccc(S(=O)(=O)[O-])cc1. The largest absolute Gasteiger partial charge is 0.744 e. The fourth-order valence-electron chi connectivity index (χ4n) is 4.50. The molecule has 1 amide bonds. The summed E-state index contributed by atoms with van der Waals surface area (Å²) in [6.07, 6.45) is -0.594. The number of carbonyl (C=O) groups is 1. The van der Waals surface area contributed by atoms with Crippen LogP contribution in [0.25, 0.3) is 0 Å². The van der Waals surface area contributed by atoms with Crippen molar-refractivity contribution in [3.05, 3.63) is 83.4 Å². The summed E-state index contributed by atoms with van der Waals surface area (Å²) in [4.78, 5) is 16.7. The lowest BCUT2D eigenvalue weighted by atomic mass is 10.1. The van der Waals surface area contributed by atoms with Crippen LogP contribution in [0.3, 0.4) is 0 Å². The molecule has 1 aliphatic heterocycles. The van der Waals surface area contributed by atoms with E-state index in [0.717, 1.165) is 48.6 Å². The molecule has 0 saturated carbocycles. The number of methoxy groups -OCH3 is 1. The highest BCUT2D eigenvalue weighted by Crippen LogP contribution is 2.26. The molecule has 1 heterocycles. The Morgan fingerprint density at radius 3 is 2.05 bits per heavy atom. The predicted octanol–water partition coefficient (Wildman–Crippen LogP) is 3.21. The van der Waals surface area contributed by atoms with Gasteiger partial charge in [0, 0.05) is 38.4 Å². The van der Waals surface area contributed by atoms with E-state index in [2.05, 4.69) is 15.1 Å². The zero-order valence-corrected chi connectivity index (χ0v) is 25.4. The summed E-state index contributed by atoms with van der Waals surface area (Å²) >= 11 is 0. The van der Waals surface area contributed by atoms with Crippen molar-refractivity contribution in [1.29, 1.82) is 0 Å². The van der Waals surface area contributed by atoms with Crippen LogP contribution in [0.4, 0.5) is 5.69 Å². The Labute approximate surface area is 248 Å². The Hall–Kier alpha value is -3.48. The molecule has 0 spiro atoms. The number of ether oxygens (including phenoxy) is 2. The summed E-state index contributed by atoms with van der Waals surface area (Å²) in [5, 5.41) is 13.4. The summed E-state index contributed by atoms with van der Waals surface area (Å²) in [6.45, 7) is 10.2. The maximum Gasteiger partial charge on any atom is 0.238 e. The number of β-amino-alcohol motifs (C(OH)–C–C–N with tert-alkyl or cyclic N) is 1. The minimum atomic E-state index is -4.27. The van der Waals surface area contributed by atoms with Crippen molar-refractivity contribution in [2.24, 2.45) is 0 Å². The summed E-state index contributed by atoms with van der Waals surface area (Å²) in [5.74, 6) is 1.29. The number of para-hydroxylation sites is 3. The molecular weight excluding hydrogens is 558 g/mol. The normalized spacial score (nSPS) is 14.8. The number of hydrogen-bond acceptors (Lipinski definition) is 9. The molecular formula is C31H40N3O7S-. The number of benzene rings is 3. The van der Waals surface area contributed by atoms with Crippen LogP contribution in [0.2, 0.25) is 0 Å². The first-order valence-corrected chi connectivity index (χ1v) is 15.1. The van der Waals surface area contributed by atoms with Crippen LogP contribution in [0.5, 0.6) is 11.5 Å². The molecule has 1 unspecified atom stereocenters. The van der Waals surface area contributed by atoms with Gasteiger partial charge in [-0.1, -0.05) is 48.0 Å². The molecule has 0 aromatic heterocycles. The zero-order chi connectivity index (χ0) is 30.7. The van der Waals surface area contributed by atoms with Crippen LogP contribution >= 0.6 is 0 Å². The molecule has 0 bridgehead atoms. The van der Waals surface area contributed by atoms with Crippen LogP contribution in [0.15, 0.2) is 71.6 Å². The van der Waals surface area contributed by atoms with Crippen molar-refractivity contribution < 1.29 is 32.3 Å². The summed E-state index contributed by atoms with van der Waals surface area (Å²) in [5.41, 5.74) is 3.98. The van der Waals surface area contributed by atoms with Gasteiger partial charge in [-0.15, -0.1) is 0 Å². The van der Waals surface area contributed by atoms with Crippen molar-refractivity contribution >= 4 is 21.7 Å². The van der Waals surface area contributed by atoms with Gasteiger partial charge >= 0.3 is 0 Å². The first kappa shape index (κ1) is 33.0. The molecule has 1 saturated heterocycles. The third-order valence-electron chi connectivity index (χ3n) is 6.86. The zero-order valence-electron chi connectivity index (χ0n) is 24.6. The van der Waals surface area contributed by atoms with Gasteiger partial charge in [0.2, 0.25) is 5.91 Å². The van der Waals surface area contributed by atoms with Gasteiger partial charge < -0.3 is 24.4 Å². The minimum absolute atomic E-state index is 0.0103. The number of aliphatic hydroxyl groups excluding tert-OH is 1. The Bertz CT molecular complexity index is 1390. The third-order valence-corrected chi connectivity index (χ3v) is 7.71. The highest BCUT2D eigenvalue weighted by molar-refractivity contribution is 7.85. The van der Waals surface area contributed by atoms with Gasteiger partial charge in [-0.05, 0) is 56.2 Å². The quantitative estimate of drug-likeness (QED) is 0.338. The third kappa shape index (κ3) is 10.4. The number of aryl methyl sites for hydroxylation is 3. The first-order valence-electron chi connectivity index (χ1n) is 13.7. The maximum absolute atomic E-state index is 12.5. The molecule has 0 aliphatic carbocycles. The number of piperazine rings is 1. The molecule has 3 aromatic rings. The number of aliphatic hydroxyl groups is 1. The van der Waals surface area contributed by atoms with Crippen LogP contribution in [-0.2, 0) is 14.9 Å². The standard InChI is InChI=1S/C24H33N3O4.C7H8O3S/c1-18-7-6-8-19(2)24(18)25-23(29)16-27-13-11-26(12-14-27)15-20(28)17-31-22-10-5-4-9-21(22)30-3;1-6-2-4-7(5-3-6)11(8,9)10/h4-10,20,28H,11-17H2,1-3H3,(H,25,29);2-5H,1H3,(H,8,9,10)/p-1. The molecule has 4 rings (SSSR count). The number of amides is 1. The lowest BCUT2D eigenvalue weighted by Gasteiger charge is -2.35. The molecule has 2 N–H and O–H groups in total. The second-order valence-corrected chi connectivity index (χ2v) is 11.7. The van der Waals surface area contributed by atoms with Crippen molar-refractivity contribution in [2.45, 2.75) is 31.8 Å². The van der Waals surface area contributed by atoms with Crippen LogP contribution in [-0.4, -0.2) is 92.9 Å². The van der Waals surface area contributed by atoms with E-state index >= 15 is 0 Å². The number of hydrogen-bond donors (Lipinski definition) is 2. The highest BCUT2D eigenvalue weighted by atomic mass is 32.2. The predicted molar refractivity (Wildman–Crippen MR) is 161 cm³/mol. The van der Waals surface area contributed by atoms with E-state index in [-0.39, 0.29) is 17.4 Å². The van der Waals surface area contributed by atoms with Crippen molar-refractivity contribution in [1.82, 2.24) is 9.80 Å². The van der Waals surface area contributed by atoms with E-state index in [4.69, 9.17) is 9.47 Å². The molecule has 228 valence electrons. The molecule has 0 radical (unpaired) electrons. The topological polar surface area (TPSA) is 131 Å². The van der Waals surface area contributed by atoms with Crippen molar-refractivity contribution in [2.75, 3.05) is 58.3 Å². The van der Waals surface area contributed by atoms with Crippen molar-refractivity contribution in [3.8, 4) is 11.5 Å². The van der Waals surface area contributed by atoms with Gasteiger partial charge in [-0.3, -0.25) is 14.6 Å². The van der Waals surface area contributed by atoms with Gasteiger partial charge in [-0.25, -0.2) is 8.42 Å². The number of nitrogens with one attached hydrogen (secondary N) is 1. The van der Waals surface area contributed by atoms with Gasteiger partial charge in [0.25, 0.3) is 0 Å². The van der Waals surface area contributed by atoms with Gasteiger partial charge in [0.1, 0.15) is 22.8 Å². The molecule has 1 fully saturated rings. The summed E-state index contributed by atoms with van der Waals surface area (Å²) in [6, 6.07) is 19.2. The van der Waals surface area contributed by atoms with E-state index < -0.39 is 16.2 Å².